The molecule has 0 radical (unpaired) electrons. The van der Waals surface area contributed by atoms with Crippen molar-refractivity contribution in [1.82, 2.24) is 10.2 Å². The second-order valence-electron chi connectivity index (χ2n) is 7.50. The summed E-state index contributed by atoms with van der Waals surface area (Å²) in [7, 11) is 1.41. The van der Waals surface area contributed by atoms with E-state index in [4.69, 9.17) is 10.5 Å². The van der Waals surface area contributed by atoms with Gasteiger partial charge >= 0.3 is 0 Å². The molecule has 0 unspecified atom stereocenters. The number of anilines is 1. The molecule has 8 heteroatoms. The second kappa shape index (κ2) is 9.56. The Morgan fingerprint density at radius 1 is 1.38 bits per heavy atom. The van der Waals surface area contributed by atoms with Crippen LogP contribution in [0.5, 0.6) is 5.75 Å². The second-order valence-corrected chi connectivity index (χ2v) is 7.50. The van der Waals surface area contributed by atoms with E-state index in [-0.39, 0.29) is 34.6 Å². The summed E-state index contributed by atoms with van der Waals surface area (Å²) in [4.78, 5) is 25.7. The van der Waals surface area contributed by atoms with E-state index in [9.17, 15) is 14.9 Å². The molecule has 1 aliphatic heterocycles. The number of piperidine rings is 1. The molecule has 1 aromatic carbocycles. The third kappa shape index (κ3) is 5.35. The number of nitro groups is 1. The monoisotopic (exact) mass is 400 g/mol. The van der Waals surface area contributed by atoms with Crippen LogP contribution in [-0.4, -0.2) is 48.5 Å². The van der Waals surface area contributed by atoms with E-state index < -0.39 is 4.92 Å². The molecule has 8 nitrogen and oxygen atoms in total. The molecule has 1 saturated heterocycles. The number of rotatable bonds is 7. The molecule has 1 aromatic rings. The minimum absolute atomic E-state index is 0.0275. The molecule has 3 rings (SSSR count). The predicted octanol–water partition coefficient (Wildman–Crippen LogP) is 3.05. The van der Waals surface area contributed by atoms with E-state index in [1.165, 1.54) is 24.8 Å². The molecule has 0 spiro atoms. The van der Waals surface area contributed by atoms with E-state index in [0.717, 1.165) is 51.7 Å². The van der Waals surface area contributed by atoms with Crippen LogP contribution >= 0.6 is 0 Å². The topological polar surface area (TPSA) is 111 Å². The molecule has 1 fully saturated rings. The highest BCUT2D eigenvalue weighted by atomic mass is 16.6. The maximum absolute atomic E-state index is 12.7. The van der Waals surface area contributed by atoms with Crippen molar-refractivity contribution in [1.29, 1.82) is 0 Å². The summed E-state index contributed by atoms with van der Waals surface area (Å²) >= 11 is 0. The first-order valence-corrected chi connectivity index (χ1v) is 9.97. The average Bonchev–Trinajstić information content (AvgIpc) is 2.73. The van der Waals surface area contributed by atoms with E-state index in [0.29, 0.717) is 0 Å². The summed E-state index contributed by atoms with van der Waals surface area (Å²) in [6.07, 6.45) is 11.6. The number of nitrogens with one attached hydrogen (secondary N) is 1. The molecule has 1 amide bonds. The standard InChI is InChI=1S/C21H28N4O4/c1-29-20-14-18(22)19(25(27)28)13-17(20)21(26)23-16-8-11-24(12-9-16)10-7-15-5-3-2-4-6-15/h2-3,5,13-14,16H,4,6-12,22H2,1H3,(H,23,26). The fourth-order valence-electron chi connectivity index (χ4n) is 3.82. The number of allylic oxidation sites excluding steroid dienone is 3. The van der Waals surface area contributed by atoms with Crippen LogP contribution in [0.25, 0.3) is 0 Å². The lowest BCUT2D eigenvalue weighted by Gasteiger charge is -2.32. The van der Waals surface area contributed by atoms with Gasteiger partial charge in [0, 0.05) is 37.8 Å². The third-order valence-corrected chi connectivity index (χ3v) is 5.56. The number of methoxy groups -OCH3 is 1. The van der Waals surface area contributed by atoms with E-state index in [2.05, 4.69) is 28.4 Å². The zero-order valence-electron chi connectivity index (χ0n) is 16.7. The SMILES string of the molecule is COc1cc(N)c([N+](=O)[O-])cc1C(=O)NC1CCN(CCC2=CC=CCC2)CC1. The van der Waals surface area contributed by atoms with Gasteiger partial charge in [-0.15, -0.1) is 0 Å². The van der Waals surface area contributed by atoms with Gasteiger partial charge in [-0.25, -0.2) is 0 Å². The number of ether oxygens (including phenoxy) is 1. The number of likely N-dealkylation sites (tertiary alicyclic amines) is 1. The Hall–Kier alpha value is -2.87. The maximum atomic E-state index is 12.7. The first-order valence-electron chi connectivity index (χ1n) is 9.97. The summed E-state index contributed by atoms with van der Waals surface area (Å²) in [5, 5.41) is 14.1. The number of nitrogen functional groups attached to an aromatic ring is 1. The zero-order valence-corrected chi connectivity index (χ0v) is 16.7. The van der Waals surface area contributed by atoms with Crippen molar-refractivity contribution in [2.45, 2.75) is 38.1 Å². The Bertz CT molecular complexity index is 826. The predicted molar refractivity (Wildman–Crippen MR) is 112 cm³/mol. The Morgan fingerprint density at radius 2 is 2.14 bits per heavy atom. The number of carbonyl (C=O) groups is 1. The molecule has 0 aromatic heterocycles. The van der Waals surface area contributed by atoms with Gasteiger partial charge < -0.3 is 20.7 Å². The quantitative estimate of drug-likeness (QED) is 0.413. The molecule has 2 aliphatic rings. The minimum Gasteiger partial charge on any atom is -0.496 e. The van der Waals surface area contributed by atoms with Crippen molar-refractivity contribution < 1.29 is 14.5 Å². The lowest BCUT2D eigenvalue weighted by Crippen LogP contribution is -2.45. The van der Waals surface area contributed by atoms with Gasteiger partial charge in [-0.3, -0.25) is 14.9 Å². The van der Waals surface area contributed by atoms with Gasteiger partial charge in [0.25, 0.3) is 11.6 Å². The van der Waals surface area contributed by atoms with Crippen molar-refractivity contribution in [2.75, 3.05) is 32.5 Å². The molecule has 0 saturated carbocycles. The van der Waals surface area contributed by atoms with Crippen molar-refractivity contribution in [3.63, 3.8) is 0 Å². The van der Waals surface area contributed by atoms with Crippen LogP contribution < -0.4 is 15.8 Å². The Morgan fingerprint density at radius 3 is 2.76 bits per heavy atom. The summed E-state index contributed by atoms with van der Waals surface area (Å²) < 4.78 is 5.20. The lowest BCUT2D eigenvalue weighted by molar-refractivity contribution is -0.383. The first-order chi connectivity index (χ1) is 14.0. The van der Waals surface area contributed by atoms with Crippen LogP contribution in [0.2, 0.25) is 0 Å². The highest BCUT2D eigenvalue weighted by Gasteiger charge is 2.25. The van der Waals surface area contributed by atoms with Crippen LogP contribution in [0.1, 0.15) is 42.5 Å². The van der Waals surface area contributed by atoms with Crippen molar-refractivity contribution >= 4 is 17.3 Å². The van der Waals surface area contributed by atoms with Gasteiger partial charge in [-0.2, -0.15) is 0 Å². The normalized spacial score (nSPS) is 17.6. The molecule has 29 heavy (non-hydrogen) atoms. The molecule has 0 bridgehead atoms. The molecule has 0 atom stereocenters. The number of nitro benzene ring substituents is 1. The van der Waals surface area contributed by atoms with Crippen LogP contribution in [0, 0.1) is 10.1 Å². The fourth-order valence-corrected chi connectivity index (χ4v) is 3.82. The molecule has 1 aliphatic carbocycles. The molecule has 1 heterocycles. The highest BCUT2D eigenvalue weighted by molar-refractivity contribution is 5.98. The average molecular weight is 400 g/mol. The summed E-state index contributed by atoms with van der Waals surface area (Å²) in [5.41, 5.74) is 6.99. The number of amides is 1. The van der Waals surface area contributed by atoms with Gasteiger partial charge in [-0.1, -0.05) is 23.8 Å². The lowest BCUT2D eigenvalue weighted by atomic mass is 10.00. The summed E-state index contributed by atoms with van der Waals surface area (Å²) in [6, 6.07) is 2.55. The summed E-state index contributed by atoms with van der Waals surface area (Å²) in [5.74, 6) is -0.139. The van der Waals surface area contributed by atoms with E-state index in [1.807, 2.05) is 0 Å². The number of nitrogens with zero attached hydrogens (tertiary/aromatic N) is 2. The van der Waals surface area contributed by atoms with Gasteiger partial charge in [-0.05, 0) is 32.1 Å². The van der Waals surface area contributed by atoms with Crippen molar-refractivity contribution in [3.8, 4) is 5.75 Å². The molecular formula is C21H28N4O4. The van der Waals surface area contributed by atoms with Gasteiger partial charge in [0.1, 0.15) is 11.4 Å². The van der Waals surface area contributed by atoms with Gasteiger partial charge in [0.05, 0.1) is 17.6 Å². The van der Waals surface area contributed by atoms with Crippen LogP contribution in [0.15, 0.2) is 35.9 Å². The molecular weight excluding hydrogens is 372 g/mol. The van der Waals surface area contributed by atoms with Crippen LogP contribution in [-0.2, 0) is 0 Å². The molecule has 3 N–H and O–H groups in total. The number of hydrogen-bond acceptors (Lipinski definition) is 6. The smallest absolute Gasteiger partial charge is 0.293 e. The number of nitrogens with two attached hydrogens (primary N) is 1. The molecule has 156 valence electrons. The van der Waals surface area contributed by atoms with Crippen LogP contribution in [0.4, 0.5) is 11.4 Å². The Balaban J connectivity index is 1.54. The van der Waals surface area contributed by atoms with Crippen LogP contribution in [0.3, 0.4) is 0 Å². The van der Waals surface area contributed by atoms with E-state index in [1.54, 1.807) is 0 Å². The minimum atomic E-state index is -0.596. The highest BCUT2D eigenvalue weighted by Crippen LogP contribution is 2.30. The Labute approximate surface area is 170 Å². The Kier molecular flexibility index (Phi) is 6.87. The number of hydrogen-bond donors (Lipinski definition) is 2. The van der Waals surface area contributed by atoms with Crippen molar-refractivity contribution in [3.05, 3.63) is 51.6 Å². The first kappa shape index (κ1) is 20.9. The largest absolute Gasteiger partial charge is 0.496 e. The van der Waals surface area contributed by atoms with E-state index >= 15 is 0 Å². The number of carbonyl (C=O) groups excluding carboxylic acids is 1. The van der Waals surface area contributed by atoms with Gasteiger partial charge in [0.15, 0.2) is 0 Å². The third-order valence-electron chi connectivity index (χ3n) is 5.56. The zero-order chi connectivity index (χ0) is 20.8. The maximum Gasteiger partial charge on any atom is 0.293 e. The fraction of sp³-hybridized carbons (Fsp3) is 0.476. The van der Waals surface area contributed by atoms with Gasteiger partial charge in [0.2, 0.25) is 0 Å². The van der Waals surface area contributed by atoms with Crippen molar-refractivity contribution in [2.24, 2.45) is 0 Å². The number of benzene rings is 1. The summed E-state index contributed by atoms with van der Waals surface area (Å²) in [6.45, 7) is 2.89.